The predicted molar refractivity (Wildman–Crippen MR) is 92.4 cm³/mol. The van der Waals surface area contributed by atoms with Crippen LogP contribution in [-0.4, -0.2) is 29.7 Å². The second-order valence-electron chi connectivity index (χ2n) is 4.98. The minimum absolute atomic E-state index is 0.0851. The summed E-state index contributed by atoms with van der Waals surface area (Å²) in [5, 5.41) is 30.7. The molecule has 0 atom stereocenters. The molecule has 0 unspecified atom stereocenters. The molecule has 2 N–H and O–H groups in total. The Morgan fingerprint density at radius 2 is 1.88 bits per heavy atom. The zero-order chi connectivity index (χ0) is 17.4. The number of azo groups is 1. The largest absolute Gasteiger partial charge is 0.395 e. The van der Waals surface area contributed by atoms with Gasteiger partial charge in [-0.3, -0.25) is 10.1 Å². The van der Waals surface area contributed by atoms with E-state index in [1.54, 1.807) is 0 Å². The summed E-state index contributed by atoms with van der Waals surface area (Å²) in [6, 6.07) is 11.6. The van der Waals surface area contributed by atoms with Crippen molar-refractivity contribution in [2.75, 3.05) is 19.7 Å². The van der Waals surface area contributed by atoms with E-state index >= 15 is 0 Å². The number of nitro groups is 1. The van der Waals surface area contributed by atoms with Gasteiger partial charge in [-0.1, -0.05) is 23.7 Å². The molecule has 0 aliphatic carbocycles. The van der Waals surface area contributed by atoms with E-state index in [0.29, 0.717) is 17.9 Å². The summed E-state index contributed by atoms with van der Waals surface area (Å²) in [5.41, 5.74) is 2.10. The molecular weight excluding hydrogens is 332 g/mol. The highest BCUT2D eigenvalue weighted by Gasteiger charge is 2.08. The van der Waals surface area contributed by atoms with E-state index in [4.69, 9.17) is 16.7 Å². The predicted octanol–water partition coefficient (Wildman–Crippen LogP) is 3.79. The molecule has 2 aromatic carbocycles. The summed E-state index contributed by atoms with van der Waals surface area (Å²) in [6.45, 7) is 1.51. The van der Waals surface area contributed by atoms with Crippen molar-refractivity contribution in [1.82, 2.24) is 5.32 Å². The highest BCUT2D eigenvalue weighted by molar-refractivity contribution is 6.33. The first-order valence-electron chi connectivity index (χ1n) is 7.36. The van der Waals surface area contributed by atoms with E-state index < -0.39 is 4.92 Å². The first-order valence-corrected chi connectivity index (χ1v) is 7.74. The summed E-state index contributed by atoms with van der Waals surface area (Å²) < 4.78 is 0. The first-order chi connectivity index (χ1) is 11.6. The maximum absolute atomic E-state index is 10.7. The Kier molecular flexibility index (Phi) is 6.80. The summed E-state index contributed by atoms with van der Waals surface area (Å²) in [7, 11) is 0. The van der Waals surface area contributed by atoms with Crippen molar-refractivity contribution in [2.24, 2.45) is 10.2 Å². The molecule has 7 nitrogen and oxygen atoms in total. The van der Waals surface area contributed by atoms with Crippen LogP contribution in [-0.2, 0) is 6.42 Å². The smallest absolute Gasteiger partial charge is 0.271 e. The molecule has 0 saturated heterocycles. The fraction of sp³-hybridized carbons (Fsp3) is 0.250. The van der Waals surface area contributed by atoms with Crippen molar-refractivity contribution in [1.29, 1.82) is 0 Å². The Labute approximate surface area is 144 Å². The highest BCUT2D eigenvalue weighted by Crippen LogP contribution is 2.30. The van der Waals surface area contributed by atoms with Crippen LogP contribution in [0.2, 0.25) is 5.02 Å². The average Bonchev–Trinajstić information content (AvgIpc) is 2.58. The second kappa shape index (κ2) is 9.07. The van der Waals surface area contributed by atoms with Crippen molar-refractivity contribution in [3.8, 4) is 0 Å². The van der Waals surface area contributed by atoms with Crippen LogP contribution < -0.4 is 5.32 Å². The van der Waals surface area contributed by atoms with Gasteiger partial charge in [-0.2, -0.15) is 5.11 Å². The molecule has 8 heteroatoms. The quantitative estimate of drug-likeness (QED) is 0.328. The molecule has 0 amide bonds. The topological polar surface area (TPSA) is 100 Å². The summed E-state index contributed by atoms with van der Waals surface area (Å²) in [5.74, 6) is 0. The normalized spacial score (nSPS) is 11.1. The van der Waals surface area contributed by atoms with Crippen molar-refractivity contribution in [3.05, 3.63) is 63.2 Å². The summed E-state index contributed by atoms with van der Waals surface area (Å²) in [6.07, 6.45) is 0.853. The molecule has 0 fully saturated rings. The van der Waals surface area contributed by atoms with Crippen molar-refractivity contribution in [3.63, 3.8) is 0 Å². The molecule has 0 spiro atoms. The van der Waals surface area contributed by atoms with E-state index in [1.165, 1.54) is 18.2 Å². The molecular formula is C16H17ClN4O3. The second-order valence-corrected chi connectivity index (χ2v) is 5.39. The number of nitro benzene ring substituents is 1. The van der Waals surface area contributed by atoms with Gasteiger partial charge in [0.15, 0.2) is 0 Å². The van der Waals surface area contributed by atoms with E-state index in [1.807, 2.05) is 24.3 Å². The van der Waals surface area contributed by atoms with Gasteiger partial charge in [0.1, 0.15) is 5.69 Å². The molecule has 0 radical (unpaired) electrons. The third-order valence-electron chi connectivity index (χ3n) is 3.23. The lowest BCUT2D eigenvalue weighted by Crippen LogP contribution is -2.20. The zero-order valence-corrected chi connectivity index (χ0v) is 13.6. The molecule has 126 valence electrons. The maximum Gasteiger partial charge on any atom is 0.271 e. The molecule has 2 aromatic rings. The Morgan fingerprint density at radius 1 is 1.12 bits per heavy atom. The molecule has 24 heavy (non-hydrogen) atoms. The molecule has 0 heterocycles. The van der Waals surface area contributed by atoms with Crippen LogP contribution in [0.5, 0.6) is 0 Å². The van der Waals surface area contributed by atoms with Crippen LogP contribution in [0.25, 0.3) is 0 Å². The lowest BCUT2D eigenvalue weighted by molar-refractivity contribution is -0.384. The van der Waals surface area contributed by atoms with E-state index in [9.17, 15) is 10.1 Å². The molecule has 0 bridgehead atoms. The Morgan fingerprint density at radius 3 is 2.50 bits per heavy atom. The molecule has 2 rings (SSSR count). The minimum Gasteiger partial charge on any atom is -0.395 e. The third-order valence-corrected chi connectivity index (χ3v) is 3.53. The number of hydrogen-bond acceptors (Lipinski definition) is 6. The number of aliphatic hydroxyl groups excluding tert-OH is 1. The number of aliphatic hydroxyl groups is 1. The Bertz CT molecular complexity index is 720. The maximum atomic E-state index is 10.7. The van der Waals surface area contributed by atoms with E-state index in [2.05, 4.69) is 15.5 Å². The molecule has 0 saturated carbocycles. The summed E-state index contributed by atoms with van der Waals surface area (Å²) in [4.78, 5) is 10.2. The van der Waals surface area contributed by atoms with Gasteiger partial charge in [-0.25, -0.2) is 0 Å². The van der Waals surface area contributed by atoms with E-state index in [0.717, 1.165) is 18.5 Å². The van der Waals surface area contributed by atoms with Gasteiger partial charge in [0, 0.05) is 18.7 Å². The monoisotopic (exact) mass is 348 g/mol. The van der Waals surface area contributed by atoms with Gasteiger partial charge in [0.05, 0.1) is 22.2 Å². The number of rotatable bonds is 8. The number of hydrogen-bond donors (Lipinski definition) is 2. The van der Waals surface area contributed by atoms with Crippen LogP contribution in [0, 0.1) is 10.1 Å². The van der Waals surface area contributed by atoms with Gasteiger partial charge >= 0.3 is 0 Å². The van der Waals surface area contributed by atoms with Gasteiger partial charge in [-0.15, -0.1) is 5.11 Å². The van der Waals surface area contributed by atoms with E-state index in [-0.39, 0.29) is 17.3 Å². The number of nitrogens with zero attached hydrogens (tertiary/aromatic N) is 3. The third kappa shape index (κ3) is 5.38. The van der Waals surface area contributed by atoms with Gasteiger partial charge in [0.2, 0.25) is 0 Å². The van der Waals surface area contributed by atoms with Crippen molar-refractivity contribution >= 4 is 28.7 Å². The molecule has 0 aliphatic rings. The lowest BCUT2D eigenvalue weighted by atomic mass is 10.1. The van der Waals surface area contributed by atoms with Crippen molar-refractivity contribution < 1.29 is 10.0 Å². The fourth-order valence-electron chi connectivity index (χ4n) is 1.97. The Balaban J connectivity index is 1.98. The van der Waals surface area contributed by atoms with Gasteiger partial charge in [-0.05, 0) is 36.7 Å². The zero-order valence-electron chi connectivity index (χ0n) is 12.9. The van der Waals surface area contributed by atoms with Crippen LogP contribution in [0.15, 0.2) is 52.7 Å². The van der Waals surface area contributed by atoms with Crippen LogP contribution in [0.1, 0.15) is 5.56 Å². The van der Waals surface area contributed by atoms with Crippen molar-refractivity contribution in [2.45, 2.75) is 6.42 Å². The standard InChI is InChI=1S/C16H17ClN4O3/c17-15-11-14(21(23)24)5-6-16(15)20-19-13-3-1-12(2-4-13)7-8-18-9-10-22/h1-6,11,18,22H,7-10H2. The SMILES string of the molecule is O=[N+]([O-])c1ccc(N=Nc2ccc(CCNCCO)cc2)c(Cl)c1. The summed E-state index contributed by atoms with van der Waals surface area (Å²) >= 11 is 5.96. The molecule has 0 aliphatic heterocycles. The number of halogens is 1. The lowest BCUT2D eigenvalue weighted by Gasteiger charge is -2.03. The molecule has 0 aromatic heterocycles. The van der Waals surface area contributed by atoms with Crippen LogP contribution in [0.4, 0.5) is 17.1 Å². The number of non-ortho nitro benzene ring substituents is 1. The minimum atomic E-state index is -0.513. The average molecular weight is 349 g/mol. The van der Waals surface area contributed by atoms with Gasteiger partial charge < -0.3 is 10.4 Å². The van der Waals surface area contributed by atoms with Crippen LogP contribution in [0.3, 0.4) is 0 Å². The number of nitrogens with one attached hydrogen (secondary N) is 1. The Hall–Kier alpha value is -2.35. The van der Waals surface area contributed by atoms with Gasteiger partial charge in [0.25, 0.3) is 5.69 Å². The first kappa shape index (κ1) is 18.0. The van der Waals surface area contributed by atoms with Crippen LogP contribution >= 0.6 is 11.6 Å². The number of benzene rings is 2. The highest BCUT2D eigenvalue weighted by atomic mass is 35.5. The fourth-order valence-corrected chi connectivity index (χ4v) is 2.18.